The van der Waals surface area contributed by atoms with Gasteiger partial charge >= 0.3 is 6.18 Å². The van der Waals surface area contributed by atoms with Gasteiger partial charge in [-0.3, -0.25) is 14.9 Å². The Morgan fingerprint density at radius 3 is 2.37 bits per heavy atom. The summed E-state index contributed by atoms with van der Waals surface area (Å²) in [6.07, 6.45) is -3.53. The van der Waals surface area contributed by atoms with Crippen molar-refractivity contribution >= 4 is 17.3 Å². The summed E-state index contributed by atoms with van der Waals surface area (Å²) in [5, 5.41) is 17.1. The fourth-order valence-corrected chi connectivity index (χ4v) is 2.43. The minimum Gasteiger partial charge on any atom is -0.322 e. The minimum absolute atomic E-state index is 0.127. The van der Waals surface area contributed by atoms with Gasteiger partial charge in [-0.05, 0) is 36.4 Å². The van der Waals surface area contributed by atoms with E-state index >= 15 is 0 Å². The van der Waals surface area contributed by atoms with Crippen LogP contribution in [0, 0.1) is 10.1 Å². The number of nitro groups is 1. The molecule has 0 atom stereocenters. The van der Waals surface area contributed by atoms with E-state index < -0.39 is 22.7 Å². The highest BCUT2D eigenvalue weighted by molar-refractivity contribution is 6.07. The summed E-state index contributed by atoms with van der Waals surface area (Å²) in [4.78, 5) is 22.6. The first-order valence-electron chi connectivity index (χ1n) is 7.54. The molecule has 0 aliphatic rings. The molecular formula is C17H11F3N4O3. The molecule has 10 heteroatoms. The number of hydrogen-bond donors (Lipinski definition) is 1. The lowest BCUT2D eigenvalue weighted by molar-refractivity contribution is -0.385. The van der Waals surface area contributed by atoms with E-state index in [4.69, 9.17) is 0 Å². The Hall–Kier alpha value is -3.69. The van der Waals surface area contributed by atoms with Crippen LogP contribution in [0.25, 0.3) is 5.69 Å². The number of para-hydroxylation sites is 1. The van der Waals surface area contributed by atoms with Gasteiger partial charge in [-0.2, -0.15) is 18.3 Å². The second kappa shape index (κ2) is 6.90. The van der Waals surface area contributed by atoms with E-state index in [1.807, 2.05) is 0 Å². The molecule has 1 amide bonds. The number of nitrogens with one attached hydrogen (secondary N) is 1. The summed E-state index contributed by atoms with van der Waals surface area (Å²) in [6, 6.07) is 11.7. The molecular weight excluding hydrogens is 365 g/mol. The third-order valence-electron chi connectivity index (χ3n) is 3.65. The van der Waals surface area contributed by atoms with E-state index in [0.717, 1.165) is 16.9 Å². The number of amides is 1. The molecule has 0 saturated heterocycles. The Balaban J connectivity index is 1.82. The van der Waals surface area contributed by atoms with Gasteiger partial charge in [0, 0.05) is 11.8 Å². The highest BCUT2D eigenvalue weighted by atomic mass is 19.4. The van der Waals surface area contributed by atoms with Gasteiger partial charge in [0.25, 0.3) is 11.6 Å². The van der Waals surface area contributed by atoms with Gasteiger partial charge in [-0.25, -0.2) is 4.68 Å². The average Bonchev–Trinajstić information content (AvgIpc) is 3.12. The molecule has 0 aliphatic carbocycles. The van der Waals surface area contributed by atoms with Gasteiger partial charge in [0.05, 0.1) is 16.8 Å². The lowest BCUT2D eigenvalue weighted by Crippen LogP contribution is -2.14. The number of carbonyl (C=O) groups excluding carboxylic acids is 1. The number of nitro benzene ring substituents is 1. The zero-order valence-corrected chi connectivity index (χ0v) is 13.5. The largest absolute Gasteiger partial charge is 0.433 e. The van der Waals surface area contributed by atoms with Crippen LogP contribution in [0.1, 0.15) is 16.1 Å². The average molecular weight is 376 g/mol. The number of nitrogens with zero attached hydrogens (tertiary/aromatic N) is 3. The van der Waals surface area contributed by atoms with Crippen LogP contribution >= 0.6 is 0 Å². The van der Waals surface area contributed by atoms with Crippen molar-refractivity contribution in [2.24, 2.45) is 0 Å². The number of benzene rings is 2. The maximum atomic E-state index is 12.9. The van der Waals surface area contributed by atoms with Crippen LogP contribution in [0.15, 0.2) is 60.8 Å². The maximum Gasteiger partial charge on any atom is 0.433 e. The molecule has 3 rings (SSSR count). The van der Waals surface area contributed by atoms with Crippen molar-refractivity contribution < 1.29 is 22.9 Å². The molecule has 0 fully saturated rings. The molecule has 3 aromatic rings. The van der Waals surface area contributed by atoms with Crippen LogP contribution in [-0.2, 0) is 6.18 Å². The number of anilines is 1. The summed E-state index contributed by atoms with van der Waals surface area (Å²) in [7, 11) is 0. The molecule has 138 valence electrons. The van der Waals surface area contributed by atoms with Crippen LogP contribution in [0.3, 0.4) is 0 Å². The number of halogens is 3. The Morgan fingerprint density at radius 1 is 1.07 bits per heavy atom. The van der Waals surface area contributed by atoms with E-state index in [2.05, 4.69) is 10.4 Å². The Morgan fingerprint density at radius 2 is 1.74 bits per heavy atom. The van der Waals surface area contributed by atoms with Gasteiger partial charge < -0.3 is 5.32 Å². The highest BCUT2D eigenvalue weighted by Crippen LogP contribution is 2.30. The van der Waals surface area contributed by atoms with Gasteiger partial charge in [-0.1, -0.05) is 12.1 Å². The van der Waals surface area contributed by atoms with E-state index in [1.165, 1.54) is 48.5 Å². The number of alkyl halides is 3. The summed E-state index contributed by atoms with van der Waals surface area (Å²) < 4.78 is 39.5. The van der Waals surface area contributed by atoms with Crippen molar-refractivity contribution in [3.63, 3.8) is 0 Å². The van der Waals surface area contributed by atoms with E-state index in [-0.39, 0.29) is 22.6 Å². The number of rotatable bonds is 4. The lowest BCUT2D eigenvalue weighted by atomic mass is 10.1. The predicted octanol–water partition coefficient (Wildman–Crippen LogP) is 4.05. The molecule has 0 unspecified atom stereocenters. The van der Waals surface area contributed by atoms with Crippen molar-refractivity contribution in [2.75, 3.05) is 5.32 Å². The third kappa shape index (κ3) is 3.78. The molecule has 0 saturated carbocycles. The molecule has 7 nitrogen and oxygen atoms in total. The molecule has 0 bridgehead atoms. The minimum atomic E-state index is -4.56. The first kappa shape index (κ1) is 18.1. The SMILES string of the molecule is O=C(Nc1ccc(-n2nccc2C(F)(F)F)cc1)c1ccccc1[N+](=O)[O-]. The van der Waals surface area contributed by atoms with Crippen LogP contribution in [0.2, 0.25) is 0 Å². The smallest absolute Gasteiger partial charge is 0.322 e. The first-order chi connectivity index (χ1) is 12.8. The van der Waals surface area contributed by atoms with E-state index in [0.29, 0.717) is 0 Å². The van der Waals surface area contributed by atoms with Crippen molar-refractivity contribution in [3.05, 3.63) is 82.2 Å². The fraction of sp³-hybridized carbons (Fsp3) is 0.0588. The van der Waals surface area contributed by atoms with Crippen molar-refractivity contribution in [2.45, 2.75) is 6.18 Å². The zero-order valence-electron chi connectivity index (χ0n) is 13.5. The van der Waals surface area contributed by atoms with Crippen LogP contribution in [-0.4, -0.2) is 20.6 Å². The summed E-state index contributed by atoms with van der Waals surface area (Å²) in [5.74, 6) is -0.704. The molecule has 0 radical (unpaired) electrons. The number of hydrogen-bond acceptors (Lipinski definition) is 4. The highest BCUT2D eigenvalue weighted by Gasteiger charge is 2.35. The van der Waals surface area contributed by atoms with Crippen molar-refractivity contribution in [1.82, 2.24) is 9.78 Å². The standard InChI is InChI=1S/C17H11F3N4O3/c18-17(19,20)15-9-10-21-23(15)12-7-5-11(6-8-12)22-16(25)13-3-1-2-4-14(13)24(26)27/h1-10H,(H,22,25). The summed E-state index contributed by atoms with van der Waals surface area (Å²) in [5.41, 5.74) is -0.992. The number of carbonyl (C=O) groups is 1. The quantitative estimate of drug-likeness (QED) is 0.549. The van der Waals surface area contributed by atoms with Gasteiger partial charge in [0.15, 0.2) is 0 Å². The normalized spacial score (nSPS) is 11.2. The first-order valence-corrected chi connectivity index (χ1v) is 7.54. The molecule has 0 spiro atoms. The monoisotopic (exact) mass is 376 g/mol. The van der Waals surface area contributed by atoms with E-state index in [1.54, 1.807) is 0 Å². The predicted molar refractivity (Wildman–Crippen MR) is 89.6 cm³/mol. The molecule has 1 N–H and O–H groups in total. The molecule has 0 aliphatic heterocycles. The van der Waals surface area contributed by atoms with Crippen LogP contribution in [0.4, 0.5) is 24.5 Å². The summed E-state index contributed by atoms with van der Waals surface area (Å²) in [6.45, 7) is 0. The van der Waals surface area contributed by atoms with Gasteiger partial charge in [-0.15, -0.1) is 0 Å². The van der Waals surface area contributed by atoms with Crippen LogP contribution < -0.4 is 5.32 Å². The molecule has 1 aromatic heterocycles. The van der Waals surface area contributed by atoms with Crippen molar-refractivity contribution in [3.8, 4) is 5.69 Å². The lowest BCUT2D eigenvalue weighted by Gasteiger charge is -2.11. The maximum absolute atomic E-state index is 12.9. The topological polar surface area (TPSA) is 90.1 Å². The second-order valence-electron chi connectivity index (χ2n) is 5.40. The Labute approximate surface area is 150 Å². The Bertz CT molecular complexity index is 997. The van der Waals surface area contributed by atoms with Gasteiger partial charge in [0.1, 0.15) is 11.3 Å². The molecule has 2 aromatic carbocycles. The van der Waals surface area contributed by atoms with Crippen LogP contribution in [0.5, 0.6) is 0 Å². The molecule has 1 heterocycles. The fourth-order valence-electron chi connectivity index (χ4n) is 2.43. The zero-order chi connectivity index (χ0) is 19.6. The number of aromatic nitrogens is 2. The van der Waals surface area contributed by atoms with E-state index in [9.17, 15) is 28.1 Å². The van der Waals surface area contributed by atoms with Gasteiger partial charge in [0.2, 0.25) is 0 Å². The van der Waals surface area contributed by atoms with Crippen molar-refractivity contribution in [1.29, 1.82) is 0 Å². The second-order valence-corrected chi connectivity index (χ2v) is 5.40. The molecule has 27 heavy (non-hydrogen) atoms. The summed E-state index contributed by atoms with van der Waals surface area (Å²) >= 11 is 0. The third-order valence-corrected chi connectivity index (χ3v) is 3.65. The Kier molecular flexibility index (Phi) is 4.63.